The molecule has 13 heavy (non-hydrogen) atoms. The van der Waals surface area contributed by atoms with E-state index < -0.39 is 10.9 Å². The molecule has 0 aromatic carbocycles. The van der Waals surface area contributed by atoms with Crippen molar-refractivity contribution in [3.63, 3.8) is 0 Å². The minimum Gasteiger partial charge on any atom is -0.477 e. The number of thiophene rings is 1. The number of aryl methyl sites for hydroxylation is 1. The first kappa shape index (κ1) is 9.66. The topological polar surface area (TPSA) is 80.4 Å². The Morgan fingerprint density at radius 2 is 2.38 bits per heavy atom. The molecule has 1 heterocycles. The van der Waals surface area contributed by atoms with Gasteiger partial charge in [-0.3, -0.25) is 10.1 Å². The second kappa shape index (κ2) is 3.53. The normalized spacial score (nSPS) is 9.92. The van der Waals surface area contributed by atoms with Gasteiger partial charge < -0.3 is 5.11 Å². The molecule has 1 aromatic rings. The van der Waals surface area contributed by atoms with Gasteiger partial charge in [0.05, 0.1) is 4.92 Å². The summed E-state index contributed by atoms with van der Waals surface area (Å²) >= 11 is 0.702. The maximum absolute atomic E-state index is 10.6. The zero-order valence-electron chi connectivity index (χ0n) is 6.81. The van der Waals surface area contributed by atoms with Crippen LogP contribution in [0.3, 0.4) is 0 Å². The molecular weight excluding hydrogens is 194 g/mol. The highest BCUT2D eigenvalue weighted by molar-refractivity contribution is 7.17. The minimum absolute atomic E-state index is 0.0641. The van der Waals surface area contributed by atoms with Crippen LogP contribution in [0.25, 0.3) is 0 Å². The highest BCUT2D eigenvalue weighted by Gasteiger charge is 2.19. The maximum Gasteiger partial charge on any atom is 0.346 e. The Morgan fingerprint density at radius 3 is 2.69 bits per heavy atom. The molecule has 0 aliphatic heterocycles. The van der Waals surface area contributed by atoms with Gasteiger partial charge in [0.1, 0.15) is 4.88 Å². The predicted molar refractivity (Wildman–Crippen MR) is 47.3 cm³/mol. The molecule has 0 fully saturated rings. The molecule has 0 amide bonds. The van der Waals surface area contributed by atoms with Crippen molar-refractivity contribution in [3.8, 4) is 0 Å². The van der Waals surface area contributed by atoms with Crippen molar-refractivity contribution in [2.24, 2.45) is 0 Å². The quantitative estimate of drug-likeness (QED) is 0.598. The zero-order chi connectivity index (χ0) is 10.0. The van der Waals surface area contributed by atoms with Gasteiger partial charge in [0.15, 0.2) is 0 Å². The van der Waals surface area contributed by atoms with Gasteiger partial charge in [0, 0.05) is 6.07 Å². The molecule has 6 heteroatoms. The monoisotopic (exact) mass is 201 g/mol. The van der Waals surface area contributed by atoms with Crippen LogP contribution in [-0.4, -0.2) is 16.0 Å². The summed E-state index contributed by atoms with van der Waals surface area (Å²) in [5.74, 6) is -1.10. The number of carboxylic acid groups (broad SMARTS) is 1. The second-order valence-corrected chi connectivity index (χ2v) is 3.39. The van der Waals surface area contributed by atoms with Crippen molar-refractivity contribution in [2.45, 2.75) is 13.3 Å². The molecule has 0 saturated carbocycles. The van der Waals surface area contributed by atoms with E-state index in [1.54, 1.807) is 6.92 Å². The number of hydrogen-bond donors (Lipinski definition) is 1. The Hall–Kier alpha value is -1.43. The summed E-state index contributed by atoms with van der Waals surface area (Å²) < 4.78 is 0. The molecule has 0 unspecified atom stereocenters. The summed E-state index contributed by atoms with van der Waals surface area (Å²) in [5, 5.41) is 18.9. The lowest BCUT2D eigenvalue weighted by atomic mass is 10.2. The van der Waals surface area contributed by atoms with Crippen LogP contribution in [-0.2, 0) is 6.42 Å². The Balaban J connectivity index is 3.19. The number of carboxylic acids is 1. The molecule has 1 aromatic heterocycles. The Kier molecular flexibility index (Phi) is 2.62. The Labute approximate surface area is 77.8 Å². The van der Waals surface area contributed by atoms with Crippen LogP contribution in [0, 0.1) is 10.1 Å². The van der Waals surface area contributed by atoms with Crippen LogP contribution in [0.5, 0.6) is 0 Å². The van der Waals surface area contributed by atoms with Gasteiger partial charge in [0.2, 0.25) is 0 Å². The molecule has 0 bridgehead atoms. The lowest BCUT2D eigenvalue weighted by Crippen LogP contribution is -1.95. The summed E-state index contributed by atoms with van der Waals surface area (Å²) in [7, 11) is 0. The fourth-order valence-electron chi connectivity index (χ4n) is 0.948. The van der Waals surface area contributed by atoms with Crippen LogP contribution in [0.15, 0.2) is 6.07 Å². The van der Waals surface area contributed by atoms with E-state index in [1.807, 2.05) is 0 Å². The molecule has 5 nitrogen and oxygen atoms in total. The first-order valence-electron chi connectivity index (χ1n) is 3.56. The minimum atomic E-state index is -1.10. The van der Waals surface area contributed by atoms with Crippen molar-refractivity contribution < 1.29 is 14.8 Å². The van der Waals surface area contributed by atoms with E-state index >= 15 is 0 Å². The average Bonchev–Trinajstić information content (AvgIpc) is 2.47. The largest absolute Gasteiger partial charge is 0.477 e. The number of nitrogens with zero attached hydrogens (tertiary/aromatic N) is 1. The molecule has 1 N–H and O–H groups in total. The van der Waals surface area contributed by atoms with Gasteiger partial charge in [-0.1, -0.05) is 18.3 Å². The number of nitro groups is 1. The van der Waals surface area contributed by atoms with Gasteiger partial charge in [-0.25, -0.2) is 4.79 Å². The molecule has 0 aliphatic rings. The highest BCUT2D eigenvalue weighted by atomic mass is 32.1. The first-order chi connectivity index (χ1) is 6.06. The summed E-state index contributed by atoms with van der Waals surface area (Å²) in [6.07, 6.45) is 0.492. The lowest BCUT2D eigenvalue weighted by molar-refractivity contribution is -0.380. The van der Waals surface area contributed by atoms with Gasteiger partial charge >= 0.3 is 11.0 Å². The van der Waals surface area contributed by atoms with E-state index in [1.165, 1.54) is 6.07 Å². The maximum atomic E-state index is 10.6. The van der Waals surface area contributed by atoms with Crippen molar-refractivity contribution in [2.75, 3.05) is 0 Å². The molecule has 70 valence electrons. The zero-order valence-corrected chi connectivity index (χ0v) is 7.63. The van der Waals surface area contributed by atoms with Crippen LogP contribution < -0.4 is 0 Å². The Morgan fingerprint density at radius 1 is 1.77 bits per heavy atom. The van der Waals surface area contributed by atoms with Crippen LogP contribution in [0.4, 0.5) is 5.00 Å². The Bertz CT molecular complexity index is 357. The summed E-state index contributed by atoms with van der Waals surface area (Å²) in [6.45, 7) is 1.76. The van der Waals surface area contributed by atoms with E-state index in [-0.39, 0.29) is 9.88 Å². The molecule has 0 spiro atoms. The predicted octanol–water partition coefficient (Wildman–Crippen LogP) is 1.92. The molecule has 0 radical (unpaired) electrons. The van der Waals surface area contributed by atoms with E-state index in [0.29, 0.717) is 23.3 Å². The van der Waals surface area contributed by atoms with E-state index in [4.69, 9.17) is 5.11 Å². The van der Waals surface area contributed by atoms with Gasteiger partial charge in [0.25, 0.3) is 0 Å². The third kappa shape index (κ3) is 1.83. The second-order valence-electron chi connectivity index (χ2n) is 2.35. The standard InChI is InChI=1S/C7H7NO4S/c1-2-4-3-5(8(11)12)13-6(4)7(9)10/h3H,2H2,1H3,(H,9,10). The number of rotatable bonds is 3. The highest BCUT2D eigenvalue weighted by Crippen LogP contribution is 2.29. The molecule has 0 saturated heterocycles. The summed E-state index contributed by atoms with van der Waals surface area (Å²) in [6, 6.07) is 1.31. The fraction of sp³-hybridized carbons (Fsp3) is 0.286. The van der Waals surface area contributed by atoms with Crippen LogP contribution in [0.2, 0.25) is 0 Å². The first-order valence-corrected chi connectivity index (χ1v) is 4.38. The fourth-order valence-corrected chi connectivity index (χ4v) is 1.85. The van der Waals surface area contributed by atoms with Gasteiger partial charge in [-0.2, -0.15) is 0 Å². The summed E-state index contributed by atoms with van der Waals surface area (Å²) in [4.78, 5) is 20.4. The molecule has 0 aliphatic carbocycles. The van der Waals surface area contributed by atoms with Crippen molar-refractivity contribution in [1.82, 2.24) is 0 Å². The van der Waals surface area contributed by atoms with E-state index in [0.717, 1.165) is 0 Å². The summed E-state index contributed by atoms with van der Waals surface area (Å²) in [5.41, 5.74) is 0.518. The van der Waals surface area contributed by atoms with E-state index in [9.17, 15) is 14.9 Å². The molecular formula is C7H7NO4S. The molecule has 1 rings (SSSR count). The van der Waals surface area contributed by atoms with E-state index in [2.05, 4.69) is 0 Å². The number of aromatic carboxylic acids is 1. The van der Waals surface area contributed by atoms with Crippen molar-refractivity contribution in [3.05, 3.63) is 26.6 Å². The van der Waals surface area contributed by atoms with Crippen LogP contribution >= 0.6 is 11.3 Å². The van der Waals surface area contributed by atoms with Crippen LogP contribution in [0.1, 0.15) is 22.2 Å². The van der Waals surface area contributed by atoms with Crippen molar-refractivity contribution >= 4 is 22.3 Å². The van der Waals surface area contributed by atoms with Gasteiger partial charge in [-0.15, -0.1) is 0 Å². The molecule has 0 atom stereocenters. The smallest absolute Gasteiger partial charge is 0.346 e. The van der Waals surface area contributed by atoms with Crippen molar-refractivity contribution in [1.29, 1.82) is 0 Å². The average molecular weight is 201 g/mol. The third-order valence-electron chi connectivity index (χ3n) is 1.55. The lowest BCUT2D eigenvalue weighted by Gasteiger charge is -1.90. The number of hydrogen-bond acceptors (Lipinski definition) is 4. The number of carbonyl (C=O) groups is 1. The SMILES string of the molecule is CCc1cc([N+](=O)[O-])sc1C(=O)O. The third-order valence-corrected chi connectivity index (χ3v) is 2.67. The van der Waals surface area contributed by atoms with Gasteiger partial charge in [-0.05, 0) is 12.0 Å².